The first-order valence-corrected chi connectivity index (χ1v) is 9.71. The molecule has 0 fully saturated rings. The molecule has 10 heteroatoms. The molecule has 0 saturated carbocycles. The number of ether oxygens (including phenoxy) is 1. The van der Waals surface area contributed by atoms with E-state index in [4.69, 9.17) is 4.52 Å². The van der Waals surface area contributed by atoms with Crippen molar-refractivity contribution >= 4 is 15.9 Å². The van der Waals surface area contributed by atoms with Crippen molar-refractivity contribution in [1.29, 1.82) is 0 Å². The monoisotopic (exact) mass is 491 g/mol. The predicted molar refractivity (Wildman–Crippen MR) is 109 cm³/mol. The zero-order valence-electron chi connectivity index (χ0n) is 15.6. The first kappa shape index (κ1) is 20.9. The molecular formula is C21H13BrF3N3O3. The van der Waals surface area contributed by atoms with E-state index >= 15 is 0 Å². The Bertz CT molecular complexity index is 1270. The minimum Gasteiger partial charge on any atom is -0.406 e. The summed E-state index contributed by atoms with van der Waals surface area (Å²) in [5.74, 6) is 0.0199. The van der Waals surface area contributed by atoms with Crippen LogP contribution in [0, 0.1) is 0 Å². The van der Waals surface area contributed by atoms with Gasteiger partial charge in [-0.3, -0.25) is 4.79 Å². The second-order valence-corrected chi connectivity index (χ2v) is 7.42. The average molecular weight is 492 g/mol. The predicted octanol–water partition coefficient (Wildman–Crippen LogP) is 5.27. The molecule has 2 aromatic carbocycles. The summed E-state index contributed by atoms with van der Waals surface area (Å²) in [5.41, 5.74) is 1.72. The van der Waals surface area contributed by atoms with E-state index in [0.717, 1.165) is 22.2 Å². The van der Waals surface area contributed by atoms with Crippen LogP contribution < -0.4 is 10.3 Å². The highest BCUT2D eigenvalue weighted by molar-refractivity contribution is 9.10. The van der Waals surface area contributed by atoms with Gasteiger partial charge in [-0.05, 0) is 48.0 Å². The van der Waals surface area contributed by atoms with E-state index in [1.807, 2.05) is 24.3 Å². The van der Waals surface area contributed by atoms with Crippen LogP contribution in [0.2, 0.25) is 0 Å². The fourth-order valence-electron chi connectivity index (χ4n) is 2.88. The van der Waals surface area contributed by atoms with Crippen LogP contribution in [0.5, 0.6) is 5.75 Å². The van der Waals surface area contributed by atoms with Crippen molar-refractivity contribution in [3.8, 4) is 28.6 Å². The molecule has 158 valence electrons. The second kappa shape index (κ2) is 8.38. The maximum atomic E-state index is 12.3. The van der Waals surface area contributed by atoms with Crippen LogP contribution in [0.3, 0.4) is 0 Å². The Labute approximate surface area is 182 Å². The van der Waals surface area contributed by atoms with Gasteiger partial charge in [-0.25, -0.2) is 0 Å². The van der Waals surface area contributed by atoms with Gasteiger partial charge in [-0.15, -0.1) is 13.2 Å². The van der Waals surface area contributed by atoms with Gasteiger partial charge >= 0.3 is 6.36 Å². The van der Waals surface area contributed by atoms with Crippen molar-refractivity contribution in [2.45, 2.75) is 12.9 Å². The van der Waals surface area contributed by atoms with Crippen molar-refractivity contribution in [2.24, 2.45) is 0 Å². The summed E-state index contributed by atoms with van der Waals surface area (Å²) in [5, 5.41) is 3.87. The van der Waals surface area contributed by atoms with Crippen LogP contribution in [0.15, 0.2) is 80.7 Å². The van der Waals surface area contributed by atoms with Gasteiger partial charge in [-0.2, -0.15) is 4.98 Å². The zero-order valence-corrected chi connectivity index (χ0v) is 17.2. The molecule has 0 unspecified atom stereocenters. The normalized spacial score (nSPS) is 11.5. The van der Waals surface area contributed by atoms with Crippen LogP contribution >= 0.6 is 15.9 Å². The molecular weight excluding hydrogens is 479 g/mol. The summed E-state index contributed by atoms with van der Waals surface area (Å²) in [4.78, 5) is 16.5. The first-order valence-electron chi connectivity index (χ1n) is 8.92. The molecule has 0 saturated heterocycles. The molecule has 0 bridgehead atoms. The van der Waals surface area contributed by atoms with Crippen molar-refractivity contribution in [3.63, 3.8) is 0 Å². The largest absolute Gasteiger partial charge is 0.573 e. The van der Waals surface area contributed by atoms with Gasteiger partial charge in [0, 0.05) is 22.3 Å². The van der Waals surface area contributed by atoms with Crippen molar-refractivity contribution < 1.29 is 22.4 Å². The number of hydrogen-bond acceptors (Lipinski definition) is 5. The fraction of sp³-hybridized carbons (Fsp3) is 0.0952. The maximum Gasteiger partial charge on any atom is 0.573 e. The summed E-state index contributed by atoms with van der Waals surface area (Å²) >= 11 is 3.40. The highest BCUT2D eigenvalue weighted by atomic mass is 79.9. The summed E-state index contributed by atoms with van der Waals surface area (Å²) in [6.45, 7) is 0.355. The standard InChI is InChI=1S/C21H13BrF3N3O3/c22-16-3-1-2-13(10-16)11-28-12-15(6-9-18(28)29)20-26-19(27-31-20)14-4-7-17(8-5-14)30-21(23,24)25/h1-10,12H,11H2. The topological polar surface area (TPSA) is 70.2 Å². The number of pyridine rings is 1. The Hall–Kier alpha value is -3.40. The van der Waals surface area contributed by atoms with Crippen LogP contribution in [0.1, 0.15) is 5.56 Å². The molecule has 0 aliphatic carbocycles. The molecule has 2 aromatic heterocycles. The second-order valence-electron chi connectivity index (χ2n) is 6.51. The third kappa shape index (κ3) is 5.21. The summed E-state index contributed by atoms with van der Waals surface area (Å²) in [6.07, 6.45) is -3.15. The highest BCUT2D eigenvalue weighted by Gasteiger charge is 2.31. The first-order chi connectivity index (χ1) is 14.8. The molecule has 0 aliphatic rings. The van der Waals surface area contributed by atoms with Gasteiger partial charge in [0.05, 0.1) is 12.1 Å². The third-order valence-electron chi connectivity index (χ3n) is 4.24. The van der Waals surface area contributed by atoms with Crippen LogP contribution in [-0.4, -0.2) is 21.1 Å². The van der Waals surface area contributed by atoms with Crippen molar-refractivity contribution in [2.75, 3.05) is 0 Å². The van der Waals surface area contributed by atoms with Gasteiger partial charge < -0.3 is 13.8 Å². The van der Waals surface area contributed by atoms with Crippen LogP contribution in [0.25, 0.3) is 22.8 Å². The van der Waals surface area contributed by atoms with E-state index in [9.17, 15) is 18.0 Å². The fourth-order valence-corrected chi connectivity index (χ4v) is 3.32. The Balaban J connectivity index is 1.57. The van der Waals surface area contributed by atoms with Gasteiger partial charge in [0.2, 0.25) is 5.82 Å². The number of halogens is 4. The highest BCUT2D eigenvalue weighted by Crippen LogP contribution is 2.26. The average Bonchev–Trinajstić information content (AvgIpc) is 3.19. The molecule has 0 radical (unpaired) electrons. The molecule has 0 spiro atoms. The molecule has 4 aromatic rings. The van der Waals surface area contributed by atoms with Crippen LogP contribution in [0.4, 0.5) is 13.2 Å². The molecule has 0 aliphatic heterocycles. The Morgan fingerprint density at radius 3 is 2.48 bits per heavy atom. The number of hydrogen-bond donors (Lipinski definition) is 0. The van der Waals surface area contributed by atoms with Gasteiger partial charge in [0.15, 0.2) is 0 Å². The lowest BCUT2D eigenvalue weighted by Gasteiger charge is -2.08. The molecule has 0 amide bonds. The van der Waals surface area contributed by atoms with Gasteiger partial charge in [-0.1, -0.05) is 33.2 Å². The van der Waals surface area contributed by atoms with Crippen LogP contribution in [-0.2, 0) is 6.54 Å². The number of rotatable bonds is 5. The lowest BCUT2D eigenvalue weighted by Crippen LogP contribution is -2.19. The number of benzene rings is 2. The van der Waals surface area contributed by atoms with E-state index in [1.165, 1.54) is 22.8 Å². The molecule has 0 N–H and O–H groups in total. The lowest BCUT2D eigenvalue weighted by atomic mass is 10.2. The zero-order chi connectivity index (χ0) is 22.0. The van der Waals surface area contributed by atoms with Crippen molar-refractivity contribution in [3.05, 3.63) is 87.3 Å². The van der Waals surface area contributed by atoms with E-state index in [1.54, 1.807) is 12.3 Å². The minimum atomic E-state index is -4.76. The molecule has 4 rings (SSSR count). The summed E-state index contributed by atoms with van der Waals surface area (Å²) in [7, 11) is 0. The van der Waals surface area contributed by atoms with E-state index < -0.39 is 6.36 Å². The minimum absolute atomic E-state index is 0.175. The number of aromatic nitrogens is 3. The third-order valence-corrected chi connectivity index (χ3v) is 4.74. The van der Waals surface area contributed by atoms with Gasteiger partial charge in [0.1, 0.15) is 5.75 Å². The molecule has 0 atom stereocenters. The summed E-state index contributed by atoms with van der Waals surface area (Å²) < 4.78 is 48.4. The Morgan fingerprint density at radius 1 is 1.03 bits per heavy atom. The SMILES string of the molecule is O=c1ccc(-c2nc(-c3ccc(OC(F)(F)F)cc3)no2)cn1Cc1cccc(Br)c1. The van der Waals surface area contributed by atoms with E-state index in [0.29, 0.717) is 17.7 Å². The Kier molecular flexibility index (Phi) is 5.64. The molecule has 31 heavy (non-hydrogen) atoms. The molecule has 2 heterocycles. The van der Waals surface area contributed by atoms with E-state index in [2.05, 4.69) is 30.8 Å². The van der Waals surface area contributed by atoms with Gasteiger partial charge in [0.25, 0.3) is 11.4 Å². The molecule has 6 nitrogen and oxygen atoms in total. The quantitative estimate of drug-likeness (QED) is 0.380. The number of nitrogens with zero attached hydrogens (tertiary/aromatic N) is 3. The lowest BCUT2D eigenvalue weighted by molar-refractivity contribution is -0.274. The number of alkyl halides is 3. The smallest absolute Gasteiger partial charge is 0.406 e. The Morgan fingerprint density at radius 2 is 1.77 bits per heavy atom. The maximum absolute atomic E-state index is 12.3. The summed E-state index contributed by atoms with van der Waals surface area (Å²) in [6, 6.07) is 15.7. The van der Waals surface area contributed by atoms with E-state index in [-0.39, 0.29) is 23.0 Å². The van der Waals surface area contributed by atoms with Crippen molar-refractivity contribution in [1.82, 2.24) is 14.7 Å².